The van der Waals surface area contributed by atoms with E-state index in [2.05, 4.69) is 67.7 Å². The van der Waals surface area contributed by atoms with Crippen molar-refractivity contribution < 1.29 is 0 Å². The first kappa shape index (κ1) is 16.1. The van der Waals surface area contributed by atoms with Gasteiger partial charge in [0.2, 0.25) is 0 Å². The molecule has 0 spiro atoms. The number of benzene rings is 1. The molecule has 0 aliphatic carbocycles. The maximum absolute atomic E-state index is 4.60. The minimum atomic E-state index is 0.0943. The van der Waals surface area contributed by atoms with Crippen molar-refractivity contribution in [2.24, 2.45) is 7.05 Å². The molecule has 0 saturated carbocycles. The molecule has 1 aromatic carbocycles. The highest BCUT2D eigenvalue weighted by atomic mass is 32.2. The summed E-state index contributed by atoms with van der Waals surface area (Å²) in [6, 6.07) is 10.5. The standard InChI is InChI=1S/C17H25N3S/c1-17(2,3)16-14(13-20(4)19-16)12-18-10-11-21-15-8-6-5-7-9-15/h5-9,13,18H,10-12H2,1-4H3. The summed E-state index contributed by atoms with van der Waals surface area (Å²) >= 11 is 1.89. The number of hydrogen-bond acceptors (Lipinski definition) is 3. The molecule has 4 heteroatoms. The fraction of sp³-hybridized carbons (Fsp3) is 0.471. The summed E-state index contributed by atoms with van der Waals surface area (Å²) in [5.74, 6) is 1.08. The van der Waals surface area contributed by atoms with Crippen LogP contribution in [0.4, 0.5) is 0 Å². The fourth-order valence-corrected chi connectivity index (χ4v) is 3.11. The van der Waals surface area contributed by atoms with Crippen molar-refractivity contribution in [2.75, 3.05) is 12.3 Å². The van der Waals surface area contributed by atoms with E-state index in [4.69, 9.17) is 0 Å². The van der Waals surface area contributed by atoms with Crippen molar-refractivity contribution in [3.8, 4) is 0 Å². The summed E-state index contributed by atoms with van der Waals surface area (Å²) < 4.78 is 1.91. The van der Waals surface area contributed by atoms with Crippen LogP contribution in [0.1, 0.15) is 32.0 Å². The molecule has 1 N–H and O–H groups in total. The highest BCUT2D eigenvalue weighted by molar-refractivity contribution is 7.99. The number of nitrogens with one attached hydrogen (secondary N) is 1. The Labute approximate surface area is 132 Å². The van der Waals surface area contributed by atoms with Crippen molar-refractivity contribution in [3.05, 3.63) is 47.8 Å². The molecule has 0 radical (unpaired) electrons. The molecule has 0 atom stereocenters. The second kappa shape index (κ2) is 7.14. The Hall–Kier alpha value is -1.26. The second-order valence-electron chi connectivity index (χ2n) is 6.26. The van der Waals surface area contributed by atoms with E-state index in [1.807, 2.05) is 23.5 Å². The van der Waals surface area contributed by atoms with Gasteiger partial charge in [0.15, 0.2) is 0 Å². The van der Waals surface area contributed by atoms with Crippen LogP contribution in [0.5, 0.6) is 0 Å². The highest BCUT2D eigenvalue weighted by Crippen LogP contribution is 2.24. The minimum absolute atomic E-state index is 0.0943. The number of hydrogen-bond donors (Lipinski definition) is 1. The maximum Gasteiger partial charge on any atom is 0.0722 e. The Bertz CT molecular complexity index is 555. The number of aryl methyl sites for hydroxylation is 1. The zero-order valence-electron chi connectivity index (χ0n) is 13.4. The topological polar surface area (TPSA) is 29.9 Å². The van der Waals surface area contributed by atoms with Gasteiger partial charge in [0, 0.05) is 48.0 Å². The first-order chi connectivity index (χ1) is 9.97. The van der Waals surface area contributed by atoms with Crippen molar-refractivity contribution in [1.82, 2.24) is 15.1 Å². The van der Waals surface area contributed by atoms with E-state index in [-0.39, 0.29) is 5.41 Å². The van der Waals surface area contributed by atoms with E-state index in [9.17, 15) is 0 Å². The first-order valence-electron chi connectivity index (χ1n) is 7.38. The minimum Gasteiger partial charge on any atom is -0.312 e. The fourth-order valence-electron chi connectivity index (χ4n) is 2.28. The molecule has 1 aromatic heterocycles. The summed E-state index contributed by atoms with van der Waals surface area (Å²) in [5.41, 5.74) is 2.58. The van der Waals surface area contributed by atoms with Crippen LogP contribution < -0.4 is 5.32 Å². The molecule has 21 heavy (non-hydrogen) atoms. The lowest BCUT2D eigenvalue weighted by Gasteiger charge is -2.17. The lowest BCUT2D eigenvalue weighted by molar-refractivity contribution is 0.544. The molecule has 0 aliphatic rings. The van der Waals surface area contributed by atoms with Crippen molar-refractivity contribution in [3.63, 3.8) is 0 Å². The molecule has 0 amide bonds. The van der Waals surface area contributed by atoms with Crippen LogP contribution >= 0.6 is 11.8 Å². The van der Waals surface area contributed by atoms with Crippen LogP contribution in [0.3, 0.4) is 0 Å². The summed E-state index contributed by atoms with van der Waals surface area (Å²) in [7, 11) is 1.99. The van der Waals surface area contributed by atoms with Gasteiger partial charge in [-0.25, -0.2) is 0 Å². The zero-order valence-corrected chi connectivity index (χ0v) is 14.2. The molecular formula is C17H25N3S. The van der Waals surface area contributed by atoms with Gasteiger partial charge in [-0.15, -0.1) is 11.8 Å². The normalized spacial score (nSPS) is 11.8. The van der Waals surface area contributed by atoms with Gasteiger partial charge in [-0.2, -0.15) is 5.10 Å². The number of thioether (sulfide) groups is 1. The van der Waals surface area contributed by atoms with Crippen LogP contribution in [0.25, 0.3) is 0 Å². The zero-order chi connectivity index (χ0) is 15.3. The molecule has 0 aliphatic heterocycles. The van der Waals surface area contributed by atoms with Gasteiger partial charge in [0.25, 0.3) is 0 Å². The second-order valence-corrected chi connectivity index (χ2v) is 7.43. The van der Waals surface area contributed by atoms with E-state index in [1.54, 1.807) is 0 Å². The van der Waals surface area contributed by atoms with Gasteiger partial charge in [-0.1, -0.05) is 39.0 Å². The summed E-state index contributed by atoms with van der Waals surface area (Å²) in [4.78, 5) is 1.33. The van der Waals surface area contributed by atoms with Gasteiger partial charge < -0.3 is 5.32 Å². The molecule has 3 nitrogen and oxygen atoms in total. The van der Waals surface area contributed by atoms with Gasteiger partial charge in [0.05, 0.1) is 5.69 Å². The van der Waals surface area contributed by atoms with Crippen molar-refractivity contribution >= 4 is 11.8 Å². The molecule has 1 heterocycles. The average molecular weight is 303 g/mol. The number of rotatable bonds is 6. The van der Waals surface area contributed by atoms with E-state index >= 15 is 0 Å². The quantitative estimate of drug-likeness (QED) is 0.653. The first-order valence-corrected chi connectivity index (χ1v) is 8.37. The van der Waals surface area contributed by atoms with Crippen LogP contribution in [0.15, 0.2) is 41.4 Å². The molecule has 114 valence electrons. The Kier molecular flexibility index (Phi) is 5.48. The predicted octanol–water partition coefficient (Wildman–Crippen LogP) is 3.60. The van der Waals surface area contributed by atoms with Gasteiger partial charge >= 0.3 is 0 Å². The maximum atomic E-state index is 4.60. The van der Waals surface area contributed by atoms with Crippen LogP contribution in [-0.2, 0) is 19.0 Å². The van der Waals surface area contributed by atoms with Gasteiger partial charge in [-0.3, -0.25) is 4.68 Å². The van der Waals surface area contributed by atoms with E-state index in [0.29, 0.717) is 0 Å². The Morgan fingerprint density at radius 2 is 1.90 bits per heavy atom. The molecule has 0 saturated heterocycles. The summed E-state index contributed by atoms with van der Waals surface area (Å²) in [6.07, 6.45) is 2.12. The van der Waals surface area contributed by atoms with Crippen LogP contribution in [-0.4, -0.2) is 22.1 Å². The number of aromatic nitrogens is 2. The Morgan fingerprint density at radius 3 is 2.57 bits per heavy atom. The molecule has 2 aromatic rings. The highest BCUT2D eigenvalue weighted by Gasteiger charge is 2.21. The molecule has 0 unspecified atom stereocenters. The molecule has 0 fully saturated rings. The SMILES string of the molecule is Cn1cc(CNCCSc2ccccc2)c(C(C)(C)C)n1. The Morgan fingerprint density at radius 1 is 1.19 bits per heavy atom. The smallest absolute Gasteiger partial charge is 0.0722 e. The average Bonchev–Trinajstić information content (AvgIpc) is 2.81. The third-order valence-corrected chi connectivity index (χ3v) is 4.23. The molecular weight excluding hydrogens is 278 g/mol. The van der Waals surface area contributed by atoms with E-state index in [0.717, 1.165) is 18.8 Å². The lowest BCUT2D eigenvalue weighted by Crippen LogP contribution is -2.20. The summed E-state index contributed by atoms with van der Waals surface area (Å²) in [5, 5.41) is 8.12. The van der Waals surface area contributed by atoms with Crippen molar-refractivity contribution in [2.45, 2.75) is 37.6 Å². The monoisotopic (exact) mass is 303 g/mol. The predicted molar refractivity (Wildman–Crippen MR) is 90.8 cm³/mol. The Balaban J connectivity index is 1.79. The summed E-state index contributed by atoms with van der Waals surface area (Å²) in [6.45, 7) is 8.52. The van der Waals surface area contributed by atoms with E-state index < -0.39 is 0 Å². The molecule has 0 bridgehead atoms. The van der Waals surface area contributed by atoms with E-state index in [1.165, 1.54) is 16.2 Å². The third-order valence-electron chi connectivity index (χ3n) is 3.22. The largest absolute Gasteiger partial charge is 0.312 e. The third kappa shape index (κ3) is 4.90. The van der Waals surface area contributed by atoms with Crippen LogP contribution in [0.2, 0.25) is 0 Å². The van der Waals surface area contributed by atoms with Crippen LogP contribution in [0, 0.1) is 0 Å². The van der Waals surface area contributed by atoms with Crippen molar-refractivity contribution in [1.29, 1.82) is 0 Å². The molecule has 2 rings (SSSR count). The van der Waals surface area contributed by atoms with Gasteiger partial charge in [0.1, 0.15) is 0 Å². The number of nitrogens with zero attached hydrogens (tertiary/aromatic N) is 2. The lowest BCUT2D eigenvalue weighted by atomic mass is 9.89. The van der Waals surface area contributed by atoms with Gasteiger partial charge in [-0.05, 0) is 12.1 Å².